The Bertz CT molecular complexity index is 444. The van der Waals surface area contributed by atoms with Crippen molar-refractivity contribution in [3.63, 3.8) is 0 Å². The van der Waals surface area contributed by atoms with Crippen LogP contribution in [0.2, 0.25) is 0 Å². The number of hydrogen-bond acceptors (Lipinski definition) is 2. The van der Waals surface area contributed by atoms with Crippen LogP contribution in [-0.2, 0) is 6.54 Å². The molecule has 0 aliphatic heterocycles. The lowest BCUT2D eigenvalue weighted by atomic mass is 10.1. The van der Waals surface area contributed by atoms with E-state index in [1.165, 1.54) is 12.1 Å². The number of benzene rings is 1. The lowest BCUT2D eigenvalue weighted by Crippen LogP contribution is -2.33. The van der Waals surface area contributed by atoms with Gasteiger partial charge in [-0.1, -0.05) is 19.9 Å². The van der Waals surface area contributed by atoms with Crippen molar-refractivity contribution < 1.29 is 14.3 Å². The number of aromatic carboxylic acids is 1. The van der Waals surface area contributed by atoms with Crippen molar-refractivity contribution >= 4 is 5.97 Å². The molecule has 19 heavy (non-hydrogen) atoms. The summed E-state index contributed by atoms with van der Waals surface area (Å²) in [4.78, 5) is 13.2. The highest BCUT2D eigenvalue weighted by atomic mass is 19.1. The maximum atomic E-state index is 13.3. The van der Waals surface area contributed by atoms with Crippen LogP contribution in [0.15, 0.2) is 18.2 Å². The maximum Gasteiger partial charge on any atom is 0.338 e. The molecule has 106 valence electrons. The topological polar surface area (TPSA) is 40.5 Å². The van der Waals surface area contributed by atoms with Crippen LogP contribution in [0.3, 0.4) is 0 Å². The third kappa shape index (κ3) is 4.63. The van der Waals surface area contributed by atoms with Gasteiger partial charge in [0.15, 0.2) is 0 Å². The molecule has 0 aliphatic rings. The van der Waals surface area contributed by atoms with E-state index in [2.05, 4.69) is 32.6 Å². The van der Waals surface area contributed by atoms with Crippen LogP contribution in [0.5, 0.6) is 0 Å². The fourth-order valence-corrected chi connectivity index (χ4v) is 2.00. The van der Waals surface area contributed by atoms with Crippen molar-refractivity contribution in [2.75, 3.05) is 6.54 Å². The van der Waals surface area contributed by atoms with Gasteiger partial charge in [-0.2, -0.15) is 0 Å². The van der Waals surface area contributed by atoms with Crippen molar-refractivity contribution in [3.05, 3.63) is 35.1 Å². The standard InChI is InChI=1S/C15H22FNO2/c1-10(2)8-17(11(3)4)9-12-5-6-14(16)13(7-12)15(18)19/h5-7,10-11H,8-9H2,1-4H3,(H,18,19). The average molecular weight is 267 g/mol. The Morgan fingerprint density at radius 1 is 1.32 bits per heavy atom. The highest BCUT2D eigenvalue weighted by Gasteiger charge is 2.15. The molecule has 1 N–H and O–H groups in total. The Kier molecular flexibility index (Phi) is 5.48. The molecular formula is C15H22FNO2. The zero-order valence-corrected chi connectivity index (χ0v) is 12.0. The summed E-state index contributed by atoms with van der Waals surface area (Å²) in [6.07, 6.45) is 0. The van der Waals surface area contributed by atoms with Gasteiger partial charge in [-0.05, 0) is 37.5 Å². The van der Waals surface area contributed by atoms with Crippen LogP contribution in [0.4, 0.5) is 4.39 Å². The number of rotatable bonds is 6. The molecule has 3 nitrogen and oxygen atoms in total. The van der Waals surface area contributed by atoms with Gasteiger partial charge in [0, 0.05) is 19.1 Å². The minimum Gasteiger partial charge on any atom is -0.478 e. The molecule has 0 unspecified atom stereocenters. The van der Waals surface area contributed by atoms with Gasteiger partial charge in [0.25, 0.3) is 0 Å². The fraction of sp³-hybridized carbons (Fsp3) is 0.533. The van der Waals surface area contributed by atoms with Gasteiger partial charge < -0.3 is 5.11 Å². The zero-order chi connectivity index (χ0) is 14.6. The molecule has 0 aromatic heterocycles. The highest BCUT2D eigenvalue weighted by molar-refractivity contribution is 5.88. The van der Waals surface area contributed by atoms with Crippen molar-refractivity contribution in [1.29, 1.82) is 0 Å². The quantitative estimate of drug-likeness (QED) is 0.859. The van der Waals surface area contributed by atoms with Crippen LogP contribution in [0.1, 0.15) is 43.6 Å². The Hall–Kier alpha value is -1.42. The summed E-state index contributed by atoms with van der Waals surface area (Å²) in [6, 6.07) is 4.66. The largest absolute Gasteiger partial charge is 0.478 e. The zero-order valence-electron chi connectivity index (χ0n) is 12.0. The summed E-state index contributed by atoms with van der Waals surface area (Å²) in [5.41, 5.74) is 0.568. The minimum absolute atomic E-state index is 0.259. The summed E-state index contributed by atoms with van der Waals surface area (Å²) in [5, 5.41) is 8.93. The summed E-state index contributed by atoms with van der Waals surface area (Å²) in [5.74, 6) is -1.38. The van der Waals surface area contributed by atoms with Crippen molar-refractivity contribution in [3.8, 4) is 0 Å². The number of nitrogens with zero attached hydrogens (tertiary/aromatic N) is 1. The molecule has 0 atom stereocenters. The average Bonchev–Trinajstić information content (AvgIpc) is 2.29. The number of halogens is 1. The first-order valence-electron chi connectivity index (χ1n) is 6.57. The van der Waals surface area contributed by atoms with E-state index in [4.69, 9.17) is 5.11 Å². The van der Waals surface area contributed by atoms with E-state index in [0.29, 0.717) is 18.5 Å². The van der Waals surface area contributed by atoms with E-state index in [-0.39, 0.29) is 5.56 Å². The molecule has 0 bridgehead atoms. The van der Waals surface area contributed by atoms with Crippen molar-refractivity contribution in [1.82, 2.24) is 4.90 Å². The summed E-state index contributed by atoms with van der Waals surface area (Å²) in [7, 11) is 0. The summed E-state index contributed by atoms with van der Waals surface area (Å²) < 4.78 is 13.3. The molecule has 0 fully saturated rings. The van der Waals surface area contributed by atoms with Crippen molar-refractivity contribution in [2.45, 2.75) is 40.3 Å². The molecule has 0 amide bonds. The molecule has 1 rings (SSSR count). The van der Waals surface area contributed by atoms with Crippen LogP contribution in [-0.4, -0.2) is 28.6 Å². The van der Waals surface area contributed by atoms with Crippen LogP contribution in [0, 0.1) is 11.7 Å². The van der Waals surface area contributed by atoms with E-state index < -0.39 is 11.8 Å². The van der Waals surface area contributed by atoms with Gasteiger partial charge in [-0.3, -0.25) is 4.90 Å². The Morgan fingerprint density at radius 3 is 2.42 bits per heavy atom. The predicted octanol–water partition coefficient (Wildman–Crippen LogP) is 3.39. The normalized spacial score (nSPS) is 11.6. The van der Waals surface area contributed by atoms with Gasteiger partial charge in [0.05, 0.1) is 5.56 Å². The molecule has 0 saturated carbocycles. The minimum atomic E-state index is -1.22. The van der Waals surface area contributed by atoms with E-state index in [1.54, 1.807) is 6.07 Å². The van der Waals surface area contributed by atoms with Gasteiger partial charge in [0.1, 0.15) is 5.82 Å². The van der Waals surface area contributed by atoms with E-state index in [9.17, 15) is 9.18 Å². The fourth-order valence-electron chi connectivity index (χ4n) is 2.00. The number of carboxylic acids is 1. The second kappa shape index (κ2) is 6.66. The Labute approximate surface area is 114 Å². The van der Waals surface area contributed by atoms with Gasteiger partial charge >= 0.3 is 5.97 Å². The van der Waals surface area contributed by atoms with Gasteiger partial charge in [-0.15, -0.1) is 0 Å². The SMILES string of the molecule is CC(C)CN(Cc1ccc(F)c(C(=O)O)c1)C(C)C. The van der Waals surface area contributed by atoms with Crippen LogP contribution in [0.25, 0.3) is 0 Å². The third-order valence-corrected chi connectivity index (χ3v) is 2.98. The van der Waals surface area contributed by atoms with Gasteiger partial charge in [0.2, 0.25) is 0 Å². The molecule has 0 spiro atoms. The predicted molar refractivity (Wildman–Crippen MR) is 73.7 cm³/mol. The monoisotopic (exact) mass is 267 g/mol. The third-order valence-electron chi connectivity index (χ3n) is 2.98. The summed E-state index contributed by atoms with van der Waals surface area (Å²) >= 11 is 0. The smallest absolute Gasteiger partial charge is 0.338 e. The number of hydrogen-bond donors (Lipinski definition) is 1. The molecule has 4 heteroatoms. The molecule has 0 aliphatic carbocycles. The highest BCUT2D eigenvalue weighted by Crippen LogP contribution is 2.15. The first-order chi connectivity index (χ1) is 8.81. The molecule has 0 heterocycles. The molecule has 1 aromatic rings. The van der Waals surface area contributed by atoms with Crippen LogP contribution < -0.4 is 0 Å². The van der Waals surface area contributed by atoms with E-state index >= 15 is 0 Å². The van der Waals surface area contributed by atoms with E-state index in [1.807, 2.05) is 0 Å². The molecule has 0 radical (unpaired) electrons. The Balaban J connectivity index is 2.90. The maximum absolute atomic E-state index is 13.3. The lowest BCUT2D eigenvalue weighted by molar-refractivity contribution is 0.0691. The first-order valence-corrected chi connectivity index (χ1v) is 6.57. The Morgan fingerprint density at radius 2 is 1.95 bits per heavy atom. The summed E-state index contributed by atoms with van der Waals surface area (Å²) in [6.45, 7) is 10.0. The molecule has 1 aromatic carbocycles. The lowest BCUT2D eigenvalue weighted by Gasteiger charge is -2.28. The van der Waals surface area contributed by atoms with E-state index in [0.717, 1.165) is 12.1 Å². The number of carboxylic acid groups (broad SMARTS) is 1. The van der Waals surface area contributed by atoms with Gasteiger partial charge in [-0.25, -0.2) is 9.18 Å². The second-order valence-corrected chi connectivity index (χ2v) is 5.54. The second-order valence-electron chi connectivity index (χ2n) is 5.54. The van der Waals surface area contributed by atoms with Crippen molar-refractivity contribution in [2.24, 2.45) is 5.92 Å². The molecule has 0 saturated heterocycles. The van der Waals surface area contributed by atoms with Crippen LogP contribution >= 0.6 is 0 Å². The number of carbonyl (C=O) groups is 1. The molecular weight excluding hydrogens is 245 g/mol. The first kappa shape index (κ1) is 15.6.